The van der Waals surface area contributed by atoms with E-state index in [0.29, 0.717) is 18.9 Å². The summed E-state index contributed by atoms with van der Waals surface area (Å²) >= 11 is 0. The van der Waals surface area contributed by atoms with E-state index < -0.39 is 5.60 Å². The number of aliphatic hydroxyl groups is 2. The van der Waals surface area contributed by atoms with Crippen LogP contribution >= 0.6 is 0 Å². The lowest BCUT2D eigenvalue weighted by Gasteiger charge is -2.17. The molecule has 0 aliphatic rings. The van der Waals surface area contributed by atoms with Gasteiger partial charge in [0.1, 0.15) is 5.60 Å². The van der Waals surface area contributed by atoms with E-state index in [-0.39, 0.29) is 0 Å². The van der Waals surface area contributed by atoms with Crippen LogP contribution in [0.15, 0.2) is 0 Å². The van der Waals surface area contributed by atoms with Crippen LogP contribution in [-0.2, 0) is 0 Å². The smallest absolute Gasteiger partial charge is 0.122 e. The Hall–Kier alpha value is -0.520. The standard InChI is InChI=1S/C8H14O.C8H18O/c1-5-8(4,9)6-7(2)3;1-3-4-5-8(2)6-7-9/h1,7,9H,6H2,2-4H3;8-9H,3-7H2,1-2H3. The number of hydrogen-bond donors (Lipinski definition) is 2. The predicted molar refractivity (Wildman–Crippen MR) is 79.3 cm³/mol. The average Bonchev–Trinajstić information content (AvgIpc) is 2.26. The molecule has 2 heteroatoms. The van der Waals surface area contributed by atoms with E-state index in [9.17, 15) is 5.11 Å². The maximum Gasteiger partial charge on any atom is 0.122 e. The summed E-state index contributed by atoms with van der Waals surface area (Å²) < 4.78 is 0. The summed E-state index contributed by atoms with van der Waals surface area (Å²) in [5, 5.41) is 17.8. The van der Waals surface area contributed by atoms with Crippen molar-refractivity contribution in [3.05, 3.63) is 0 Å². The SMILES string of the molecule is C#CC(C)(O)CC(C)C.CCCCC(C)CCO. The summed E-state index contributed by atoms with van der Waals surface area (Å²) in [5.74, 6) is 3.50. The van der Waals surface area contributed by atoms with Crippen LogP contribution in [0.25, 0.3) is 0 Å². The highest BCUT2D eigenvalue weighted by Crippen LogP contribution is 2.14. The lowest BCUT2D eigenvalue weighted by Crippen LogP contribution is -2.23. The van der Waals surface area contributed by atoms with Crippen LogP contribution in [0.1, 0.15) is 66.7 Å². The first-order valence-corrected chi connectivity index (χ1v) is 7.10. The van der Waals surface area contributed by atoms with Crippen LogP contribution in [0.4, 0.5) is 0 Å². The molecule has 0 bridgehead atoms. The van der Waals surface area contributed by atoms with Gasteiger partial charge in [0.25, 0.3) is 0 Å². The predicted octanol–water partition coefficient (Wildman–Crippen LogP) is 3.61. The molecule has 2 nitrogen and oxygen atoms in total. The Bertz CT molecular complexity index is 214. The minimum atomic E-state index is -0.909. The minimum absolute atomic E-state index is 0.352. The number of unbranched alkanes of at least 4 members (excludes halogenated alkanes) is 1. The molecule has 0 saturated carbocycles. The molecule has 2 atom stereocenters. The Labute approximate surface area is 114 Å². The fourth-order valence-corrected chi connectivity index (χ4v) is 1.77. The molecule has 0 radical (unpaired) electrons. The molecule has 0 aliphatic heterocycles. The maximum atomic E-state index is 9.26. The van der Waals surface area contributed by atoms with Crippen molar-refractivity contribution in [1.29, 1.82) is 0 Å². The molecule has 0 heterocycles. The van der Waals surface area contributed by atoms with E-state index in [1.54, 1.807) is 6.92 Å². The molecule has 18 heavy (non-hydrogen) atoms. The lowest BCUT2D eigenvalue weighted by molar-refractivity contribution is 0.0978. The molecular formula is C16H32O2. The van der Waals surface area contributed by atoms with Gasteiger partial charge in [0.2, 0.25) is 0 Å². The average molecular weight is 256 g/mol. The van der Waals surface area contributed by atoms with Crippen molar-refractivity contribution in [2.24, 2.45) is 11.8 Å². The zero-order chi connectivity index (χ0) is 14.6. The fourth-order valence-electron chi connectivity index (χ4n) is 1.77. The third kappa shape index (κ3) is 15.5. The second-order valence-corrected chi connectivity index (χ2v) is 5.78. The highest BCUT2D eigenvalue weighted by atomic mass is 16.3. The van der Waals surface area contributed by atoms with Gasteiger partial charge in [-0.2, -0.15) is 0 Å². The maximum absolute atomic E-state index is 9.26. The molecule has 108 valence electrons. The van der Waals surface area contributed by atoms with Crippen molar-refractivity contribution >= 4 is 0 Å². The van der Waals surface area contributed by atoms with E-state index >= 15 is 0 Å². The second-order valence-electron chi connectivity index (χ2n) is 5.78. The first-order chi connectivity index (χ1) is 8.29. The molecule has 0 rings (SSSR count). The molecule has 0 amide bonds. The lowest BCUT2D eigenvalue weighted by atomic mass is 9.95. The Balaban J connectivity index is 0. The van der Waals surface area contributed by atoms with Crippen molar-refractivity contribution in [2.75, 3.05) is 6.61 Å². The van der Waals surface area contributed by atoms with Crippen molar-refractivity contribution in [1.82, 2.24) is 0 Å². The molecule has 0 aliphatic carbocycles. The molecule has 0 saturated heterocycles. The van der Waals surface area contributed by atoms with Gasteiger partial charge in [0.05, 0.1) is 0 Å². The number of aliphatic hydroxyl groups excluding tert-OH is 1. The van der Waals surface area contributed by atoms with Gasteiger partial charge in [-0.05, 0) is 31.6 Å². The van der Waals surface area contributed by atoms with Gasteiger partial charge in [-0.25, -0.2) is 0 Å². The monoisotopic (exact) mass is 256 g/mol. The largest absolute Gasteiger partial charge is 0.396 e. The van der Waals surface area contributed by atoms with Crippen LogP contribution < -0.4 is 0 Å². The van der Waals surface area contributed by atoms with E-state index in [0.717, 1.165) is 12.3 Å². The van der Waals surface area contributed by atoms with Gasteiger partial charge < -0.3 is 10.2 Å². The summed E-state index contributed by atoms with van der Waals surface area (Å²) in [6.07, 6.45) is 10.6. The van der Waals surface area contributed by atoms with Gasteiger partial charge in [0.15, 0.2) is 0 Å². The van der Waals surface area contributed by atoms with Gasteiger partial charge in [-0.1, -0.05) is 52.9 Å². The second kappa shape index (κ2) is 11.6. The Morgan fingerprint density at radius 2 is 1.78 bits per heavy atom. The van der Waals surface area contributed by atoms with Gasteiger partial charge >= 0.3 is 0 Å². The van der Waals surface area contributed by atoms with Gasteiger partial charge in [-0.15, -0.1) is 6.42 Å². The van der Waals surface area contributed by atoms with Crippen LogP contribution in [-0.4, -0.2) is 22.4 Å². The van der Waals surface area contributed by atoms with E-state index in [2.05, 4.69) is 19.8 Å². The van der Waals surface area contributed by atoms with Gasteiger partial charge in [-0.3, -0.25) is 0 Å². The normalized spacial score (nSPS) is 15.3. The fraction of sp³-hybridized carbons (Fsp3) is 0.875. The van der Waals surface area contributed by atoms with Crippen LogP contribution in [0.3, 0.4) is 0 Å². The molecule has 0 aromatic heterocycles. The Morgan fingerprint density at radius 3 is 2.06 bits per heavy atom. The Morgan fingerprint density at radius 1 is 1.22 bits per heavy atom. The first kappa shape index (κ1) is 19.8. The summed E-state index contributed by atoms with van der Waals surface area (Å²) in [6, 6.07) is 0. The third-order valence-electron chi connectivity index (χ3n) is 2.79. The Kier molecular flexibility index (Phi) is 12.7. The number of rotatable bonds is 7. The van der Waals surface area contributed by atoms with Gasteiger partial charge in [0, 0.05) is 6.61 Å². The summed E-state index contributed by atoms with van der Waals surface area (Å²) in [4.78, 5) is 0. The molecule has 2 N–H and O–H groups in total. The van der Waals surface area contributed by atoms with Crippen molar-refractivity contribution in [2.45, 2.75) is 72.3 Å². The molecule has 0 aromatic rings. The molecule has 0 spiro atoms. The number of terminal acetylenes is 1. The summed E-state index contributed by atoms with van der Waals surface area (Å²) in [5.41, 5.74) is -0.909. The van der Waals surface area contributed by atoms with Crippen molar-refractivity contribution < 1.29 is 10.2 Å². The zero-order valence-corrected chi connectivity index (χ0v) is 12.9. The van der Waals surface area contributed by atoms with E-state index in [1.165, 1.54) is 19.3 Å². The quantitative estimate of drug-likeness (QED) is 0.683. The highest BCUT2D eigenvalue weighted by molar-refractivity contribution is 5.04. The third-order valence-corrected chi connectivity index (χ3v) is 2.79. The molecular weight excluding hydrogens is 224 g/mol. The van der Waals surface area contributed by atoms with E-state index in [1.807, 2.05) is 13.8 Å². The highest BCUT2D eigenvalue weighted by Gasteiger charge is 2.17. The van der Waals surface area contributed by atoms with Crippen LogP contribution in [0, 0.1) is 24.2 Å². The minimum Gasteiger partial charge on any atom is -0.396 e. The molecule has 0 fully saturated rings. The zero-order valence-electron chi connectivity index (χ0n) is 12.9. The summed E-state index contributed by atoms with van der Waals surface area (Å²) in [7, 11) is 0. The van der Waals surface area contributed by atoms with Crippen molar-refractivity contribution in [3.8, 4) is 12.3 Å². The van der Waals surface area contributed by atoms with Crippen LogP contribution in [0.5, 0.6) is 0 Å². The summed E-state index contributed by atoms with van der Waals surface area (Å²) in [6.45, 7) is 10.5. The van der Waals surface area contributed by atoms with Crippen LogP contribution in [0.2, 0.25) is 0 Å². The topological polar surface area (TPSA) is 40.5 Å². The van der Waals surface area contributed by atoms with Crippen molar-refractivity contribution in [3.63, 3.8) is 0 Å². The molecule has 2 unspecified atom stereocenters. The van der Waals surface area contributed by atoms with E-state index in [4.69, 9.17) is 11.5 Å². The first-order valence-electron chi connectivity index (χ1n) is 7.10. The molecule has 0 aromatic carbocycles. The number of hydrogen-bond acceptors (Lipinski definition) is 2.